The van der Waals surface area contributed by atoms with Gasteiger partial charge in [-0.1, -0.05) is 31.2 Å². The Kier molecular flexibility index (Phi) is 5.27. The Balaban J connectivity index is 2.86. The lowest BCUT2D eigenvalue weighted by Crippen LogP contribution is -2.13. The third kappa shape index (κ3) is 4.54. The monoisotopic (exact) mass is 300 g/mol. The highest BCUT2D eigenvalue weighted by molar-refractivity contribution is 7.64. The first-order valence-electron chi connectivity index (χ1n) is 4.64. The van der Waals surface area contributed by atoms with E-state index in [9.17, 15) is 0 Å². The Hall–Kier alpha value is 0.597. The Morgan fingerprint density at radius 1 is 1.20 bits per heavy atom. The van der Waals surface area contributed by atoms with Crippen LogP contribution in [0.15, 0.2) is 24.3 Å². The smallest absolute Gasteiger partial charge is 0.126 e. The fourth-order valence-electron chi connectivity index (χ4n) is 1.59. The van der Waals surface area contributed by atoms with Gasteiger partial charge in [-0.2, -0.15) is 0 Å². The van der Waals surface area contributed by atoms with Crippen molar-refractivity contribution in [2.45, 2.75) is 24.8 Å². The minimum Gasteiger partial charge on any atom is -0.126 e. The normalized spacial score (nSPS) is 13.9. The number of hydrogen-bond donors (Lipinski definition) is 0. The van der Waals surface area contributed by atoms with Gasteiger partial charge in [0.1, 0.15) is 0 Å². The molecule has 0 radical (unpaired) electrons. The number of hydrogen-bond acceptors (Lipinski definition) is 0. The second kappa shape index (κ2) is 5.79. The quantitative estimate of drug-likeness (QED) is 0.408. The van der Waals surface area contributed by atoms with Gasteiger partial charge in [-0.25, -0.2) is 0 Å². The molecule has 0 aliphatic heterocycles. The van der Waals surface area contributed by atoms with Gasteiger partial charge in [0.25, 0.3) is 0 Å². The molecule has 0 nitrogen and oxygen atoms in total. The summed E-state index contributed by atoms with van der Waals surface area (Å²) in [6, 6.07) is 6.09. The van der Waals surface area contributed by atoms with Crippen LogP contribution >= 0.6 is 44.8 Å². The van der Waals surface area contributed by atoms with Crippen LogP contribution in [0, 0.1) is 0 Å². The van der Waals surface area contributed by atoms with Gasteiger partial charge >= 0.3 is 6.00 Å². The van der Waals surface area contributed by atoms with E-state index >= 15 is 0 Å². The summed E-state index contributed by atoms with van der Waals surface area (Å²) in [5.74, 6) is 0.751. The maximum atomic E-state index is 5.91. The van der Waals surface area contributed by atoms with Crippen LogP contribution in [0.4, 0.5) is 0 Å². The lowest BCUT2D eigenvalue weighted by molar-refractivity contribution is 0.847. The summed E-state index contributed by atoms with van der Waals surface area (Å²) in [5.41, 5.74) is 2.31. The zero-order chi connectivity index (χ0) is 11.5. The molecule has 0 N–H and O–H groups in total. The van der Waals surface area contributed by atoms with E-state index in [4.69, 9.17) is 44.8 Å². The molecule has 0 aliphatic carbocycles. The average molecular weight is 302 g/mol. The molecular weight excluding hydrogens is 290 g/mol. The molecule has 0 saturated carbocycles. The summed E-state index contributed by atoms with van der Waals surface area (Å²) in [6.45, 7) is 2.07. The highest BCUT2D eigenvalue weighted by Crippen LogP contribution is 2.35. The van der Waals surface area contributed by atoms with Crippen molar-refractivity contribution in [1.29, 1.82) is 0 Å². The lowest BCUT2D eigenvalue weighted by Gasteiger charge is -2.18. The van der Waals surface area contributed by atoms with Crippen molar-refractivity contribution < 1.29 is 0 Å². The van der Waals surface area contributed by atoms with Crippen molar-refractivity contribution in [2.75, 3.05) is 0 Å². The van der Waals surface area contributed by atoms with Crippen molar-refractivity contribution in [3.05, 3.63) is 35.4 Å². The number of benzene rings is 1. The molecule has 1 aromatic carbocycles. The van der Waals surface area contributed by atoms with Crippen LogP contribution in [-0.4, -0.2) is 6.00 Å². The Morgan fingerprint density at radius 2 is 1.80 bits per heavy atom. The van der Waals surface area contributed by atoms with Crippen molar-refractivity contribution in [2.24, 2.45) is 0 Å². The molecule has 0 aliphatic rings. The highest BCUT2D eigenvalue weighted by atomic mass is 35.8. The molecule has 5 heteroatoms. The Bertz CT molecular complexity index is 321. The van der Waals surface area contributed by atoms with E-state index in [2.05, 4.69) is 6.92 Å². The molecule has 0 fully saturated rings. The predicted molar refractivity (Wildman–Crippen MR) is 72.5 cm³/mol. The van der Waals surface area contributed by atoms with E-state index in [1.807, 2.05) is 24.3 Å². The van der Waals surface area contributed by atoms with Gasteiger partial charge in [0.2, 0.25) is 0 Å². The lowest BCUT2D eigenvalue weighted by atomic mass is 9.98. The zero-order valence-electron chi connectivity index (χ0n) is 8.31. The van der Waals surface area contributed by atoms with Crippen LogP contribution in [0.3, 0.4) is 0 Å². The van der Waals surface area contributed by atoms with Gasteiger partial charge in [-0.05, 0) is 23.1 Å². The standard InChI is InChI=1S/C10H12Cl4Si/c1-8(7-15(12,13)14)10-5-3-2-4-9(10)6-11/h2-5,8H,6-7H2,1H3. The largest absolute Gasteiger partial charge is 0.342 e. The maximum absolute atomic E-state index is 5.91. The average Bonchev–Trinajstić information content (AvgIpc) is 2.15. The van der Waals surface area contributed by atoms with Gasteiger partial charge in [0, 0.05) is 5.88 Å². The van der Waals surface area contributed by atoms with E-state index in [0.717, 1.165) is 5.56 Å². The first-order chi connectivity index (χ1) is 6.94. The molecule has 0 bridgehead atoms. The SMILES string of the molecule is CC(C[Si](Cl)(Cl)Cl)c1ccccc1CCl. The van der Waals surface area contributed by atoms with Crippen LogP contribution in [-0.2, 0) is 5.88 Å². The summed E-state index contributed by atoms with van der Waals surface area (Å²) >= 11 is 23.6. The summed E-state index contributed by atoms with van der Waals surface area (Å²) in [4.78, 5) is 0. The van der Waals surface area contributed by atoms with E-state index in [1.165, 1.54) is 5.56 Å². The molecule has 1 unspecified atom stereocenters. The van der Waals surface area contributed by atoms with Crippen LogP contribution in [0.1, 0.15) is 24.0 Å². The van der Waals surface area contributed by atoms with Gasteiger partial charge in [-0.15, -0.1) is 44.8 Å². The van der Waals surface area contributed by atoms with Gasteiger partial charge < -0.3 is 0 Å². The Morgan fingerprint density at radius 3 is 2.33 bits per heavy atom. The first-order valence-corrected chi connectivity index (χ1v) is 10.4. The summed E-state index contributed by atoms with van der Waals surface area (Å²) < 4.78 is 0. The van der Waals surface area contributed by atoms with E-state index in [-0.39, 0.29) is 5.92 Å². The molecule has 0 aromatic heterocycles. The fourth-order valence-corrected chi connectivity index (χ4v) is 4.83. The van der Waals surface area contributed by atoms with E-state index in [0.29, 0.717) is 11.9 Å². The molecule has 1 atom stereocenters. The number of alkyl halides is 1. The topological polar surface area (TPSA) is 0 Å². The first kappa shape index (κ1) is 13.7. The molecule has 0 saturated heterocycles. The molecule has 84 valence electrons. The molecule has 0 spiro atoms. The van der Waals surface area contributed by atoms with E-state index < -0.39 is 6.00 Å². The van der Waals surface area contributed by atoms with Crippen LogP contribution in [0.25, 0.3) is 0 Å². The Labute approximate surface area is 111 Å². The summed E-state index contributed by atoms with van der Waals surface area (Å²) in [7, 11) is 0. The van der Waals surface area contributed by atoms with E-state index in [1.54, 1.807) is 0 Å². The molecule has 1 rings (SSSR count). The number of halogens is 4. The molecular formula is C10H12Cl4Si. The van der Waals surface area contributed by atoms with Crippen molar-refractivity contribution in [1.82, 2.24) is 0 Å². The van der Waals surface area contributed by atoms with Crippen molar-refractivity contribution in [3.8, 4) is 0 Å². The molecule has 1 aromatic rings. The third-order valence-corrected chi connectivity index (χ3v) is 5.02. The number of rotatable bonds is 4. The third-order valence-electron chi connectivity index (χ3n) is 2.27. The summed E-state index contributed by atoms with van der Waals surface area (Å²) in [6.07, 6.45) is 0. The minimum absolute atomic E-state index is 0.249. The second-order valence-electron chi connectivity index (χ2n) is 3.55. The van der Waals surface area contributed by atoms with Crippen LogP contribution in [0.5, 0.6) is 0 Å². The van der Waals surface area contributed by atoms with Gasteiger partial charge in [-0.3, -0.25) is 0 Å². The van der Waals surface area contributed by atoms with Crippen LogP contribution < -0.4 is 0 Å². The van der Waals surface area contributed by atoms with Gasteiger partial charge in [0.15, 0.2) is 0 Å². The van der Waals surface area contributed by atoms with Gasteiger partial charge in [0.05, 0.1) is 0 Å². The molecule has 0 heterocycles. The molecule has 0 amide bonds. The van der Waals surface area contributed by atoms with Crippen molar-refractivity contribution >= 4 is 50.8 Å². The molecule has 15 heavy (non-hydrogen) atoms. The second-order valence-corrected chi connectivity index (χ2v) is 13.0. The van der Waals surface area contributed by atoms with Crippen molar-refractivity contribution in [3.63, 3.8) is 0 Å². The fraction of sp³-hybridized carbons (Fsp3) is 0.400. The maximum Gasteiger partial charge on any atom is 0.342 e. The van der Waals surface area contributed by atoms with Crippen LogP contribution in [0.2, 0.25) is 6.04 Å². The zero-order valence-corrected chi connectivity index (χ0v) is 12.3. The minimum atomic E-state index is -2.57. The highest BCUT2D eigenvalue weighted by Gasteiger charge is 2.28. The predicted octanol–water partition coefficient (Wildman–Crippen LogP) is 5.18. The summed E-state index contributed by atoms with van der Waals surface area (Å²) in [5, 5.41) is 0.